The molecule has 6 aliphatic heterocycles. The second kappa shape index (κ2) is 29.1. The van der Waals surface area contributed by atoms with E-state index in [1.54, 1.807) is 0 Å². The maximum absolute atomic E-state index is 11.0. The van der Waals surface area contributed by atoms with E-state index in [2.05, 4.69) is 9.97 Å². The molecule has 4 aromatic carbocycles. The second-order valence-electron chi connectivity index (χ2n) is 23.9. The number of hydrogen-bond acceptors (Lipinski definition) is 26. The molecule has 9 heterocycles. The largest absolute Gasteiger partial charge is 0.394 e. The minimum atomic E-state index is -1.57. The lowest BCUT2D eigenvalue weighted by molar-refractivity contribution is -0.205. The van der Waals surface area contributed by atoms with Gasteiger partial charge in [0.1, 0.15) is 119 Å². The summed E-state index contributed by atoms with van der Waals surface area (Å²) in [6.07, 6.45) is -15.1. The Kier molecular flexibility index (Phi) is 20.8. The fourth-order valence-corrected chi connectivity index (χ4v) is 16.7. The van der Waals surface area contributed by atoms with Crippen molar-refractivity contribution < 1.29 is 101 Å². The van der Waals surface area contributed by atoms with E-state index in [4.69, 9.17) is 28.9 Å². The minimum Gasteiger partial charge on any atom is -0.394 e. The molecule has 4 saturated heterocycles. The smallest absolute Gasteiger partial charge is 0.136 e. The van der Waals surface area contributed by atoms with Crippen LogP contribution >= 0.6 is 47.0 Å². The minimum absolute atomic E-state index is 0.540. The Hall–Kier alpha value is -5.92. The number of rotatable bonds is 16. The van der Waals surface area contributed by atoms with Crippen LogP contribution < -0.4 is 0 Å². The lowest BCUT2D eigenvalue weighted by Crippen LogP contribution is -2.57. The molecule has 0 unspecified atom stereocenters. The molecule has 0 aliphatic carbocycles. The van der Waals surface area contributed by atoms with Crippen LogP contribution in [0.3, 0.4) is 0 Å². The summed E-state index contributed by atoms with van der Waals surface area (Å²) in [6, 6.07) is 37.3. The fourth-order valence-electron chi connectivity index (χ4n) is 12.4. The van der Waals surface area contributed by atoms with E-state index in [9.17, 15) is 81.7 Å². The summed E-state index contributed by atoms with van der Waals surface area (Å²) in [7, 11) is 0. The van der Waals surface area contributed by atoms with Crippen molar-refractivity contribution in [2.75, 3.05) is 26.4 Å². The van der Waals surface area contributed by atoms with Gasteiger partial charge < -0.3 is 111 Å². The van der Waals surface area contributed by atoms with Crippen molar-refractivity contribution in [3.05, 3.63) is 144 Å². The molecule has 506 valence electrons. The number of aromatic nitrogens is 4. The van der Waals surface area contributed by atoms with E-state index in [0.717, 1.165) is 47.0 Å². The molecule has 13 rings (SSSR count). The molecule has 7 aromatic rings. The van der Waals surface area contributed by atoms with Crippen LogP contribution in [0.25, 0.3) is 90.9 Å². The number of nitrogens with zero attached hydrogens (tertiary/aromatic N) is 2. The standard InChI is InChI=1S/C68H70N4O20S4/c73-25-45-53(77)57(81)61(85)65(89-45)93-33-9-1-29(2-10-33)49-37-17-19-39(69-37)50(30-3-11-34(12-4-30)94-66-62(86)58(82)54(78)46(26-74)90-66)41-21-23-43(71-41)52(32-7-15-36(16-8-32)96-68-64(88)60(84)56(80)48(28-76)92-68)44-24-22-42(72-44)51(40-20-18-38(49)70-40)31-5-13-35(14-6-31)95-67-63(87)59(83)55(79)47(27-75)91-67/h1-24,45-48,53-69,72-88H,25-28H2/t45-,46-,47-,48-,53-,54-,55-,56-,57+,58+,59+,60+,61-,62-,63-,64-,65+,66+,67+,68+/m1/s1. The number of H-pyrrole nitrogens is 2. The Morgan fingerprint density at radius 1 is 0.271 bits per heavy atom. The molecule has 24 nitrogen and oxygen atoms in total. The second-order valence-corrected chi connectivity index (χ2v) is 28.5. The molecule has 0 radical (unpaired) electrons. The van der Waals surface area contributed by atoms with Crippen LogP contribution in [0.15, 0.2) is 141 Å². The lowest BCUT2D eigenvalue weighted by Gasteiger charge is -2.39. The van der Waals surface area contributed by atoms with Crippen molar-refractivity contribution in [2.24, 2.45) is 0 Å². The van der Waals surface area contributed by atoms with Crippen LogP contribution in [0.2, 0.25) is 0 Å². The highest BCUT2D eigenvalue weighted by Crippen LogP contribution is 2.44. The van der Waals surface area contributed by atoms with Gasteiger partial charge in [0, 0.05) is 63.9 Å². The Balaban J connectivity index is 0.980. The zero-order valence-electron chi connectivity index (χ0n) is 50.5. The predicted octanol–water partition coefficient (Wildman–Crippen LogP) is 2.89. The Morgan fingerprint density at radius 3 is 0.656 bits per heavy atom. The third-order valence-electron chi connectivity index (χ3n) is 17.7. The maximum atomic E-state index is 11.0. The quantitative estimate of drug-likeness (QED) is 0.0661. The van der Waals surface area contributed by atoms with E-state index in [-0.39, 0.29) is 0 Å². The van der Waals surface area contributed by atoms with E-state index >= 15 is 0 Å². The topological polar surface area (TPSA) is 418 Å². The van der Waals surface area contributed by atoms with Crippen LogP contribution in [-0.4, -0.2) is 247 Å². The molecule has 4 fully saturated rings. The number of hydrogen-bond donors (Lipinski definition) is 18. The molecule has 0 amide bonds. The van der Waals surface area contributed by atoms with Gasteiger partial charge in [-0.2, -0.15) is 0 Å². The molecule has 0 spiro atoms. The van der Waals surface area contributed by atoms with Crippen molar-refractivity contribution in [1.82, 2.24) is 19.9 Å². The first kappa shape index (κ1) is 68.6. The van der Waals surface area contributed by atoms with Gasteiger partial charge in [0.2, 0.25) is 0 Å². The first-order chi connectivity index (χ1) is 46.3. The van der Waals surface area contributed by atoms with Gasteiger partial charge in [-0.15, -0.1) is 0 Å². The highest BCUT2D eigenvalue weighted by molar-refractivity contribution is 8.00. The van der Waals surface area contributed by atoms with E-state index in [1.165, 1.54) is 0 Å². The van der Waals surface area contributed by atoms with Gasteiger partial charge >= 0.3 is 0 Å². The van der Waals surface area contributed by atoms with Crippen LogP contribution in [0.1, 0.15) is 22.8 Å². The van der Waals surface area contributed by atoms with Gasteiger partial charge in [-0.25, -0.2) is 9.97 Å². The van der Waals surface area contributed by atoms with Crippen molar-refractivity contribution in [2.45, 2.75) is 139 Å². The number of ether oxygens (including phenoxy) is 4. The van der Waals surface area contributed by atoms with Gasteiger partial charge in [-0.05, 0) is 119 Å². The molecule has 0 saturated carbocycles. The van der Waals surface area contributed by atoms with Crippen molar-refractivity contribution >= 4 is 93.4 Å². The number of nitrogens with one attached hydrogen (secondary N) is 2. The highest BCUT2D eigenvalue weighted by Gasteiger charge is 2.47. The van der Waals surface area contributed by atoms with Crippen LogP contribution in [0.5, 0.6) is 0 Å². The molecule has 6 aliphatic rings. The van der Waals surface area contributed by atoms with E-state index in [1.807, 2.05) is 146 Å². The molecule has 28 heteroatoms. The third-order valence-corrected chi connectivity index (χ3v) is 22.4. The van der Waals surface area contributed by atoms with Crippen LogP contribution in [0, 0.1) is 0 Å². The average Bonchev–Trinajstić information content (AvgIpc) is 1.66. The Bertz CT molecular complexity index is 3630. The van der Waals surface area contributed by atoms with E-state index < -0.39 is 146 Å². The molecule has 18 N–H and O–H groups in total. The SMILES string of the molecule is OC[C@H]1O[C@@H](Sc2ccc(-c3c4nc(c(-c5ccc(S[C@@H]6O[C@H](CO)[C@@H](O)[C@H](O)[C@H]6O)cc5)c5ccc([nH]5)c(-c5ccc(S[C@@H]6O[C@H](CO)[C@@H](O)[C@H](O)[C@H]6O)cc5)c5nc(c(-c6ccc(S[C@@H]7O[C@H](CO)[C@@H](O)[C@H](O)[C@H]7O)cc6)c6ccc3[nH]6)C=C5)C=C4)cc2)[C@H](O)[C@@H](O)[C@@H]1O. The van der Waals surface area contributed by atoms with Crippen molar-refractivity contribution in [3.63, 3.8) is 0 Å². The van der Waals surface area contributed by atoms with Gasteiger partial charge in [-0.1, -0.05) is 95.6 Å². The zero-order valence-corrected chi connectivity index (χ0v) is 53.8. The van der Waals surface area contributed by atoms with Gasteiger partial charge in [-0.3, -0.25) is 0 Å². The summed E-state index contributed by atoms with van der Waals surface area (Å²) in [4.78, 5) is 20.8. The predicted molar refractivity (Wildman–Crippen MR) is 359 cm³/mol. The zero-order chi connectivity index (χ0) is 67.4. The van der Waals surface area contributed by atoms with Gasteiger partial charge in [0.15, 0.2) is 0 Å². The number of aliphatic hydroxyl groups excluding tert-OH is 16. The molecule has 20 atom stereocenters. The van der Waals surface area contributed by atoms with Crippen LogP contribution in [0.4, 0.5) is 0 Å². The van der Waals surface area contributed by atoms with Crippen LogP contribution in [-0.2, 0) is 18.9 Å². The first-order valence-electron chi connectivity index (χ1n) is 30.8. The van der Waals surface area contributed by atoms with Gasteiger partial charge in [0.05, 0.1) is 49.2 Å². The number of aromatic amines is 2. The normalized spacial score (nSPS) is 31.4. The monoisotopic (exact) mass is 1390 g/mol. The Morgan fingerprint density at radius 2 is 0.469 bits per heavy atom. The fraction of sp³-hybridized carbons (Fsp3) is 0.353. The number of aliphatic hydroxyl groups is 16. The third kappa shape index (κ3) is 13.5. The molecule has 8 bridgehead atoms. The summed E-state index contributed by atoms with van der Waals surface area (Å²) in [5.74, 6) is 0. The lowest BCUT2D eigenvalue weighted by atomic mass is 10.0. The number of benzene rings is 4. The maximum Gasteiger partial charge on any atom is 0.136 e. The van der Waals surface area contributed by atoms with Crippen molar-refractivity contribution in [3.8, 4) is 44.5 Å². The molecular formula is C68H70N4O20S4. The highest BCUT2D eigenvalue weighted by atomic mass is 32.2. The van der Waals surface area contributed by atoms with Crippen molar-refractivity contribution in [1.29, 1.82) is 0 Å². The molecule has 96 heavy (non-hydrogen) atoms. The summed E-state index contributed by atoms with van der Waals surface area (Å²) in [5.41, 5.74) is 5.95. The Labute approximate surface area is 564 Å². The summed E-state index contributed by atoms with van der Waals surface area (Å²) in [5, 5.41) is 168. The number of fused-ring (bicyclic) bond motifs is 8. The van der Waals surface area contributed by atoms with Gasteiger partial charge in [0.25, 0.3) is 0 Å². The van der Waals surface area contributed by atoms with E-state index in [0.29, 0.717) is 109 Å². The summed E-state index contributed by atoms with van der Waals surface area (Å²) in [6.45, 7) is -2.34. The average molecular weight is 1390 g/mol. The molecule has 3 aromatic heterocycles. The summed E-state index contributed by atoms with van der Waals surface area (Å²) >= 11 is 4.43. The first-order valence-corrected chi connectivity index (χ1v) is 34.3. The summed E-state index contributed by atoms with van der Waals surface area (Å²) < 4.78 is 23.4. The number of thioether (sulfide) groups is 4. The molecular weight excluding hydrogens is 1320 g/mol.